The molecule has 2 aliphatic rings. The molecule has 0 radical (unpaired) electrons. The summed E-state index contributed by atoms with van der Waals surface area (Å²) in [7, 11) is 0. The van der Waals surface area contributed by atoms with E-state index in [-0.39, 0.29) is 0 Å². The van der Waals surface area contributed by atoms with Crippen LogP contribution in [0.2, 0.25) is 0 Å². The summed E-state index contributed by atoms with van der Waals surface area (Å²) < 4.78 is 0. The summed E-state index contributed by atoms with van der Waals surface area (Å²) >= 11 is 2.11. The lowest BCUT2D eigenvalue weighted by molar-refractivity contribution is 0.208. The Hall–Kier alpha value is 0.270. The number of nitrogens with one attached hydrogen (secondary N) is 1. The average molecular weight is 242 g/mol. The van der Waals surface area contributed by atoms with Crippen molar-refractivity contribution in [2.45, 2.75) is 57.7 Å². The second-order valence-electron chi connectivity index (χ2n) is 5.40. The molecule has 0 aromatic carbocycles. The summed E-state index contributed by atoms with van der Waals surface area (Å²) in [6.07, 6.45) is 5.60. The molecule has 1 N–H and O–H groups in total. The molecule has 94 valence electrons. The molecule has 2 fully saturated rings. The Morgan fingerprint density at radius 3 is 2.44 bits per heavy atom. The number of nitrogens with zero attached hydrogens (tertiary/aromatic N) is 1. The van der Waals surface area contributed by atoms with E-state index in [1.165, 1.54) is 50.3 Å². The third kappa shape index (κ3) is 3.94. The van der Waals surface area contributed by atoms with E-state index in [1.54, 1.807) is 0 Å². The van der Waals surface area contributed by atoms with Gasteiger partial charge in [0, 0.05) is 31.2 Å². The Bertz CT molecular complexity index is 196. The Balaban J connectivity index is 1.61. The largest absolute Gasteiger partial charge is 0.313 e. The molecule has 0 bridgehead atoms. The van der Waals surface area contributed by atoms with Gasteiger partial charge in [-0.3, -0.25) is 4.90 Å². The first-order valence-electron chi connectivity index (χ1n) is 6.84. The van der Waals surface area contributed by atoms with Gasteiger partial charge >= 0.3 is 0 Å². The fraction of sp³-hybridized carbons (Fsp3) is 1.00. The van der Waals surface area contributed by atoms with Gasteiger partial charge in [0.15, 0.2) is 0 Å². The lowest BCUT2D eigenvalue weighted by Gasteiger charge is -2.28. The number of hydrogen-bond acceptors (Lipinski definition) is 3. The van der Waals surface area contributed by atoms with Gasteiger partial charge in [0.25, 0.3) is 0 Å². The Kier molecular flexibility index (Phi) is 4.98. The number of thioether (sulfide) groups is 1. The van der Waals surface area contributed by atoms with Crippen molar-refractivity contribution in [3.63, 3.8) is 0 Å². The lowest BCUT2D eigenvalue weighted by atomic mass is 10.1. The summed E-state index contributed by atoms with van der Waals surface area (Å²) in [6, 6.07) is 2.43. The minimum Gasteiger partial charge on any atom is -0.313 e. The Morgan fingerprint density at radius 2 is 1.88 bits per heavy atom. The quantitative estimate of drug-likeness (QED) is 0.770. The van der Waals surface area contributed by atoms with Crippen molar-refractivity contribution in [1.29, 1.82) is 0 Å². The molecular weight excluding hydrogens is 216 g/mol. The van der Waals surface area contributed by atoms with Gasteiger partial charge in [-0.05, 0) is 51.0 Å². The van der Waals surface area contributed by atoms with Gasteiger partial charge < -0.3 is 5.32 Å². The molecule has 1 heterocycles. The molecule has 1 saturated carbocycles. The van der Waals surface area contributed by atoms with E-state index in [1.807, 2.05) is 0 Å². The summed E-state index contributed by atoms with van der Waals surface area (Å²) in [5.41, 5.74) is 0. The van der Waals surface area contributed by atoms with Gasteiger partial charge in [0.2, 0.25) is 0 Å². The summed E-state index contributed by atoms with van der Waals surface area (Å²) in [6.45, 7) is 7.08. The van der Waals surface area contributed by atoms with Crippen LogP contribution in [0.3, 0.4) is 0 Å². The molecule has 0 unspecified atom stereocenters. The van der Waals surface area contributed by atoms with Gasteiger partial charge in [-0.15, -0.1) is 0 Å². The van der Waals surface area contributed by atoms with Crippen LogP contribution in [0, 0.1) is 0 Å². The Labute approximate surface area is 105 Å². The molecule has 3 heteroatoms. The highest BCUT2D eigenvalue weighted by atomic mass is 32.2. The van der Waals surface area contributed by atoms with Gasteiger partial charge in [-0.25, -0.2) is 0 Å². The fourth-order valence-electron chi connectivity index (χ4n) is 2.57. The van der Waals surface area contributed by atoms with Gasteiger partial charge in [-0.1, -0.05) is 0 Å². The zero-order valence-corrected chi connectivity index (χ0v) is 11.6. The highest BCUT2D eigenvalue weighted by molar-refractivity contribution is 7.99. The first-order chi connectivity index (χ1) is 7.77. The molecule has 0 atom stereocenters. The van der Waals surface area contributed by atoms with Gasteiger partial charge in [-0.2, -0.15) is 11.8 Å². The van der Waals surface area contributed by atoms with Crippen LogP contribution in [0.4, 0.5) is 0 Å². The Morgan fingerprint density at radius 1 is 1.19 bits per heavy atom. The highest BCUT2D eigenvalue weighted by Gasteiger charge is 2.30. The molecule has 1 aliphatic heterocycles. The van der Waals surface area contributed by atoms with Crippen LogP contribution in [0.5, 0.6) is 0 Å². The van der Waals surface area contributed by atoms with Gasteiger partial charge in [0.1, 0.15) is 0 Å². The van der Waals surface area contributed by atoms with E-state index in [0.717, 1.165) is 18.1 Å². The third-order valence-corrected chi connectivity index (χ3v) is 4.75. The minimum absolute atomic E-state index is 0.719. The molecular formula is C13H26N2S. The first-order valence-corrected chi connectivity index (χ1v) is 7.99. The van der Waals surface area contributed by atoms with Crippen LogP contribution in [0.15, 0.2) is 0 Å². The molecule has 0 aromatic rings. The standard InChI is InChI=1S/C13H26N2S/c1-11(2)15(13-3-4-13)8-7-14-12-5-9-16-10-6-12/h11-14H,3-10H2,1-2H3. The van der Waals surface area contributed by atoms with Crippen molar-refractivity contribution < 1.29 is 0 Å². The van der Waals surface area contributed by atoms with Crippen molar-refractivity contribution in [2.75, 3.05) is 24.6 Å². The third-order valence-electron chi connectivity index (χ3n) is 3.70. The van der Waals surface area contributed by atoms with Crippen molar-refractivity contribution in [1.82, 2.24) is 10.2 Å². The van der Waals surface area contributed by atoms with E-state index in [9.17, 15) is 0 Å². The van der Waals surface area contributed by atoms with E-state index in [2.05, 4.69) is 35.8 Å². The zero-order valence-electron chi connectivity index (χ0n) is 10.7. The number of hydrogen-bond donors (Lipinski definition) is 1. The van der Waals surface area contributed by atoms with Crippen LogP contribution in [0.25, 0.3) is 0 Å². The van der Waals surface area contributed by atoms with Crippen molar-refractivity contribution in [2.24, 2.45) is 0 Å². The van der Waals surface area contributed by atoms with Crippen molar-refractivity contribution in [3.05, 3.63) is 0 Å². The summed E-state index contributed by atoms with van der Waals surface area (Å²) in [5, 5.41) is 3.73. The molecule has 0 aromatic heterocycles. The van der Waals surface area contributed by atoms with E-state index < -0.39 is 0 Å². The van der Waals surface area contributed by atoms with Crippen molar-refractivity contribution in [3.8, 4) is 0 Å². The number of rotatable bonds is 6. The molecule has 2 nitrogen and oxygen atoms in total. The molecule has 1 saturated heterocycles. The van der Waals surface area contributed by atoms with E-state index >= 15 is 0 Å². The second kappa shape index (κ2) is 6.27. The molecule has 0 spiro atoms. The van der Waals surface area contributed by atoms with Crippen LogP contribution < -0.4 is 5.32 Å². The maximum absolute atomic E-state index is 3.73. The predicted molar refractivity (Wildman–Crippen MR) is 73.2 cm³/mol. The van der Waals surface area contributed by atoms with E-state index in [0.29, 0.717) is 0 Å². The van der Waals surface area contributed by atoms with Crippen LogP contribution >= 0.6 is 11.8 Å². The van der Waals surface area contributed by atoms with Crippen LogP contribution in [-0.4, -0.2) is 47.6 Å². The van der Waals surface area contributed by atoms with Crippen LogP contribution in [0.1, 0.15) is 39.5 Å². The molecule has 2 rings (SSSR count). The maximum Gasteiger partial charge on any atom is 0.0113 e. The maximum atomic E-state index is 3.73. The zero-order chi connectivity index (χ0) is 11.4. The highest BCUT2D eigenvalue weighted by Crippen LogP contribution is 2.28. The molecule has 16 heavy (non-hydrogen) atoms. The summed E-state index contributed by atoms with van der Waals surface area (Å²) in [5.74, 6) is 2.71. The first kappa shape index (κ1) is 12.7. The summed E-state index contributed by atoms with van der Waals surface area (Å²) in [4.78, 5) is 2.67. The average Bonchev–Trinajstić information content (AvgIpc) is 3.09. The predicted octanol–water partition coefficient (Wildman–Crippen LogP) is 2.34. The van der Waals surface area contributed by atoms with E-state index in [4.69, 9.17) is 0 Å². The normalized spacial score (nSPS) is 23.2. The minimum atomic E-state index is 0.719. The molecule has 1 aliphatic carbocycles. The lowest BCUT2D eigenvalue weighted by Crippen LogP contribution is -2.42. The fourth-order valence-corrected chi connectivity index (χ4v) is 3.67. The second-order valence-corrected chi connectivity index (χ2v) is 6.63. The smallest absolute Gasteiger partial charge is 0.0113 e. The topological polar surface area (TPSA) is 15.3 Å². The van der Waals surface area contributed by atoms with Crippen molar-refractivity contribution >= 4 is 11.8 Å². The molecule has 0 amide bonds. The van der Waals surface area contributed by atoms with Gasteiger partial charge in [0.05, 0.1) is 0 Å². The SMILES string of the molecule is CC(C)N(CCNC1CCSCC1)C1CC1. The van der Waals surface area contributed by atoms with Crippen LogP contribution in [-0.2, 0) is 0 Å². The monoisotopic (exact) mass is 242 g/mol.